The quantitative estimate of drug-likeness (QED) is 0.268. The van der Waals surface area contributed by atoms with Crippen LogP contribution in [0.4, 0.5) is 32.0 Å². The summed E-state index contributed by atoms with van der Waals surface area (Å²) in [5.74, 6) is -3.44. The van der Waals surface area contributed by atoms with E-state index in [2.05, 4.69) is 5.32 Å². The number of amides is 1. The van der Waals surface area contributed by atoms with Crippen molar-refractivity contribution < 1.29 is 50.3 Å². The van der Waals surface area contributed by atoms with Crippen molar-refractivity contribution in [1.29, 1.82) is 0 Å². The number of ketones is 2. The first kappa shape index (κ1) is 26.6. The van der Waals surface area contributed by atoms with E-state index in [-0.39, 0.29) is 46.1 Å². The van der Waals surface area contributed by atoms with Gasteiger partial charge >= 0.3 is 18.3 Å². The van der Waals surface area contributed by atoms with Crippen molar-refractivity contribution in [2.45, 2.75) is 25.4 Å². The summed E-state index contributed by atoms with van der Waals surface area (Å²) in [5, 5.41) is 2.34. The Bertz CT molecular complexity index is 1460. The smallest absolute Gasteiger partial charge is 0.416 e. The van der Waals surface area contributed by atoms with Crippen LogP contribution in [0.25, 0.3) is 0 Å². The van der Waals surface area contributed by atoms with Gasteiger partial charge in [0.25, 0.3) is 5.91 Å². The van der Waals surface area contributed by atoms with E-state index in [0.29, 0.717) is 0 Å². The Labute approximate surface area is 210 Å². The van der Waals surface area contributed by atoms with E-state index in [1.807, 2.05) is 0 Å². The monoisotopic (exact) mass is 535 g/mol. The second kappa shape index (κ2) is 9.43. The molecule has 1 N–H and O–H groups in total. The van der Waals surface area contributed by atoms with E-state index < -0.39 is 58.6 Å². The highest BCUT2D eigenvalue weighted by atomic mass is 19.4. The molecule has 0 bridgehead atoms. The van der Waals surface area contributed by atoms with Gasteiger partial charge in [-0.3, -0.25) is 14.4 Å². The first-order valence-electron chi connectivity index (χ1n) is 10.8. The summed E-state index contributed by atoms with van der Waals surface area (Å²) in [6, 6.07) is 10.3. The Balaban J connectivity index is 1.52. The molecule has 1 atom stereocenters. The van der Waals surface area contributed by atoms with Crippen LogP contribution in [0.1, 0.15) is 60.3 Å². The molecule has 0 radical (unpaired) electrons. The maximum Gasteiger partial charge on any atom is 0.416 e. The van der Waals surface area contributed by atoms with Crippen LogP contribution in [-0.4, -0.2) is 29.5 Å². The van der Waals surface area contributed by atoms with Crippen LogP contribution in [0.3, 0.4) is 0 Å². The molecule has 12 heteroatoms. The van der Waals surface area contributed by atoms with Crippen molar-refractivity contribution in [2.24, 2.45) is 0 Å². The minimum Gasteiger partial charge on any atom is -0.449 e. The minimum atomic E-state index is -5.18. The Kier molecular flexibility index (Phi) is 6.60. The van der Waals surface area contributed by atoms with Gasteiger partial charge in [0.1, 0.15) is 0 Å². The molecule has 3 aromatic carbocycles. The fourth-order valence-corrected chi connectivity index (χ4v) is 3.78. The Morgan fingerprint density at radius 2 is 1.24 bits per heavy atom. The fraction of sp³-hybridized carbons (Fsp3) is 0.154. The molecule has 4 rings (SSSR count). The highest BCUT2D eigenvalue weighted by Gasteiger charge is 2.38. The minimum absolute atomic E-state index is 0.0137. The molecule has 1 amide bonds. The number of rotatable bonds is 4. The van der Waals surface area contributed by atoms with Crippen LogP contribution in [0, 0.1) is 0 Å². The third kappa shape index (κ3) is 5.15. The van der Waals surface area contributed by atoms with Crippen LogP contribution in [0.2, 0.25) is 0 Å². The number of alkyl halides is 6. The van der Waals surface area contributed by atoms with E-state index in [0.717, 1.165) is 6.92 Å². The maximum absolute atomic E-state index is 13.1. The summed E-state index contributed by atoms with van der Waals surface area (Å²) in [6.07, 6.45) is -12.0. The number of carbonyl (C=O) groups is 4. The summed E-state index contributed by atoms with van der Waals surface area (Å²) >= 11 is 0. The molecule has 0 saturated heterocycles. The van der Waals surface area contributed by atoms with E-state index >= 15 is 0 Å². The number of hydrogen-bond acceptors (Lipinski definition) is 5. The fourth-order valence-electron chi connectivity index (χ4n) is 3.78. The van der Waals surface area contributed by atoms with Crippen LogP contribution < -0.4 is 5.32 Å². The molecule has 1 aliphatic carbocycles. The molecule has 6 nitrogen and oxygen atoms in total. The van der Waals surface area contributed by atoms with Crippen LogP contribution in [-0.2, 0) is 21.9 Å². The largest absolute Gasteiger partial charge is 0.449 e. The number of ether oxygens (including phenoxy) is 1. The zero-order valence-corrected chi connectivity index (χ0v) is 19.2. The summed E-state index contributed by atoms with van der Waals surface area (Å²) in [5.41, 5.74) is -3.92. The molecule has 0 saturated carbocycles. The summed E-state index contributed by atoms with van der Waals surface area (Å²) < 4.78 is 83.1. The molecular weight excluding hydrogens is 520 g/mol. The first-order valence-corrected chi connectivity index (χ1v) is 10.8. The predicted molar refractivity (Wildman–Crippen MR) is 120 cm³/mol. The molecule has 196 valence electrons. The zero-order valence-electron chi connectivity index (χ0n) is 19.2. The molecular formula is C26H15F6NO5. The molecule has 0 heterocycles. The topological polar surface area (TPSA) is 89.5 Å². The van der Waals surface area contributed by atoms with Crippen molar-refractivity contribution in [3.8, 4) is 0 Å². The SMILES string of the molecule is CC(OC(=O)c1cc(C(F)(F)F)cc(C(F)(F)F)c1)C(=O)Nc1ccc2c(c1)C(=O)c1ccccc1C2=O. The lowest BCUT2D eigenvalue weighted by molar-refractivity contribution is -0.143. The van der Waals surface area contributed by atoms with Gasteiger partial charge in [0.05, 0.1) is 16.7 Å². The second-order valence-corrected chi connectivity index (χ2v) is 8.30. The Hall–Kier alpha value is -4.48. The third-order valence-electron chi connectivity index (χ3n) is 5.67. The molecule has 1 unspecified atom stereocenters. The maximum atomic E-state index is 13.1. The molecule has 0 aliphatic heterocycles. The van der Waals surface area contributed by atoms with Crippen molar-refractivity contribution in [2.75, 3.05) is 5.32 Å². The number of fused-ring (bicyclic) bond motifs is 2. The number of carbonyl (C=O) groups excluding carboxylic acids is 4. The molecule has 0 aromatic heterocycles. The molecule has 38 heavy (non-hydrogen) atoms. The number of hydrogen-bond donors (Lipinski definition) is 1. The molecule has 1 aliphatic rings. The van der Waals surface area contributed by atoms with Gasteiger partial charge in [-0.25, -0.2) is 4.79 Å². The van der Waals surface area contributed by atoms with Gasteiger partial charge in [-0.15, -0.1) is 0 Å². The number of benzene rings is 3. The van der Waals surface area contributed by atoms with Crippen LogP contribution >= 0.6 is 0 Å². The molecule has 0 fully saturated rings. The highest BCUT2D eigenvalue weighted by molar-refractivity contribution is 6.28. The highest BCUT2D eigenvalue weighted by Crippen LogP contribution is 2.36. The first-order chi connectivity index (χ1) is 17.7. The van der Waals surface area contributed by atoms with Gasteiger partial charge in [0.15, 0.2) is 17.7 Å². The number of esters is 1. The lowest BCUT2D eigenvalue weighted by atomic mass is 9.84. The predicted octanol–water partition coefficient (Wildman–Crippen LogP) is 5.68. The Morgan fingerprint density at radius 1 is 0.737 bits per heavy atom. The third-order valence-corrected chi connectivity index (χ3v) is 5.67. The van der Waals surface area contributed by atoms with Crippen molar-refractivity contribution in [1.82, 2.24) is 0 Å². The van der Waals surface area contributed by atoms with Gasteiger partial charge in [0.2, 0.25) is 0 Å². The molecule has 3 aromatic rings. The summed E-state index contributed by atoms with van der Waals surface area (Å²) in [4.78, 5) is 50.4. The van der Waals surface area contributed by atoms with Crippen LogP contribution in [0.15, 0.2) is 60.7 Å². The van der Waals surface area contributed by atoms with Crippen LogP contribution in [0.5, 0.6) is 0 Å². The van der Waals surface area contributed by atoms with Gasteiger partial charge in [-0.2, -0.15) is 26.3 Å². The normalized spacial score (nSPS) is 13.9. The van der Waals surface area contributed by atoms with Crippen molar-refractivity contribution >= 4 is 29.1 Å². The average Bonchev–Trinajstić information content (AvgIpc) is 2.85. The number of halogens is 6. The number of anilines is 1. The number of nitrogens with one attached hydrogen (secondary N) is 1. The molecule has 0 spiro atoms. The van der Waals surface area contributed by atoms with E-state index in [1.165, 1.54) is 30.3 Å². The van der Waals surface area contributed by atoms with Gasteiger partial charge in [-0.1, -0.05) is 24.3 Å². The van der Waals surface area contributed by atoms with E-state index in [9.17, 15) is 45.5 Å². The van der Waals surface area contributed by atoms with Gasteiger partial charge in [0, 0.05) is 27.9 Å². The standard InChI is InChI=1S/C26H15F6NO5/c1-12(38-24(37)13-8-14(25(27,28)29)10-15(9-13)26(30,31)32)23(36)33-16-6-7-19-20(11-16)22(35)18-5-3-2-4-17(18)21(19)34/h2-12H,1H3,(H,33,36). The summed E-state index contributed by atoms with van der Waals surface area (Å²) in [7, 11) is 0. The second-order valence-electron chi connectivity index (χ2n) is 8.30. The zero-order chi connectivity index (χ0) is 28.0. The van der Waals surface area contributed by atoms with Crippen molar-refractivity contribution in [3.05, 3.63) is 99.6 Å². The van der Waals surface area contributed by atoms with E-state index in [1.54, 1.807) is 12.1 Å². The van der Waals surface area contributed by atoms with E-state index in [4.69, 9.17) is 4.74 Å². The van der Waals surface area contributed by atoms with Crippen molar-refractivity contribution in [3.63, 3.8) is 0 Å². The lowest BCUT2D eigenvalue weighted by Crippen LogP contribution is -2.30. The average molecular weight is 535 g/mol. The van der Waals surface area contributed by atoms with Gasteiger partial charge in [-0.05, 0) is 43.3 Å². The Morgan fingerprint density at radius 3 is 1.76 bits per heavy atom. The lowest BCUT2D eigenvalue weighted by Gasteiger charge is -2.19. The van der Waals surface area contributed by atoms with Gasteiger partial charge < -0.3 is 10.1 Å². The summed E-state index contributed by atoms with van der Waals surface area (Å²) in [6.45, 7) is 1.05.